The van der Waals surface area contributed by atoms with E-state index in [1.54, 1.807) is 6.92 Å². The molecule has 1 aromatic rings. The van der Waals surface area contributed by atoms with Crippen molar-refractivity contribution in [1.82, 2.24) is 0 Å². The van der Waals surface area contributed by atoms with Gasteiger partial charge in [-0.3, -0.25) is 0 Å². The van der Waals surface area contributed by atoms with E-state index in [0.717, 1.165) is 0 Å². The minimum absolute atomic E-state index is 0.219. The summed E-state index contributed by atoms with van der Waals surface area (Å²) >= 11 is 0. The molecule has 0 saturated carbocycles. The average molecular weight is 254 g/mol. The third-order valence-electron chi connectivity index (χ3n) is 2.06. The van der Waals surface area contributed by atoms with Gasteiger partial charge in [-0.15, -0.1) is 0 Å². The zero-order chi connectivity index (χ0) is 13.2. The zero-order valence-corrected chi connectivity index (χ0v) is 10.6. The molecule has 0 fully saturated rings. The first-order valence-corrected chi connectivity index (χ1v) is 5.76. The molecular weight excluding hydrogens is 236 g/mol. The molecule has 0 heterocycles. The first-order chi connectivity index (χ1) is 8.76. The zero-order valence-electron chi connectivity index (χ0n) is 10.6. The minimum atomic E-state index is -0.712. The van der Waals surface area contributed by atoms with Crippen molar-refractivity contribution in [2.45, 2.75) is 13.0 Å². The van der Waals surface area contributed by atoms with E-state index in [9.17, 15) is 4.79 Å². The second-order valence-corrected chi connectivity index (χ2v) is 3.50. The summed E-state index contributed by atoms with van der Waals surface area (Å²) in [5.41, 5.74) is 0. The first kappa shape index (κ1) is 14.3. The molecule has 18 heavy (non-hydrogen) atoms. The van der Waals surface area contributed by atoms with E-state index in [-0.39, 0.29) is 19.8 Å². The molecule has 0 bridgehead atoms. The summed E-state index contributed by atoms with van der Waals surface area (Å²) in [6.45, 7) is 2.47. The van der Waals surface area contributed by atoms with Gasteiger partial charge in [0.2, 0.25) is 0 Å². The molecule has 0 radical (unpaired) electrons. The lowest BCUT2D eigenvalue weighted by molar-refractivity contribution is -0.0213. The van der Waals surface area contributed by atoms with Gasteiger partial charge in [0.25, 0.3) is 0 Å². The molecular formula is C13H18O5. The molecule has 0 amide bonds. The van der Waals surface area contributed by atoms with Crippen molar-refractivity contribution in [2.24, 2.45) is 0 Å². The van der Waals surface area contributed by atoms with E-state index >= 15 is 0 Å². The third kappa shape index (κ3) is 5.54. The Hall–Kier alpha value is -1.75. The molecule has 1 rings (SSSR count). The maximum atomic E-state index is 11.2. The van der Waals surface area contributed by atoms with E-state index in [1.807, 2.05) is 30.3 Å². The molecule has 0 saturated heterocycles. The van der Waals surface area contributed by atoms with Gasteiger partial charge in [0.1, 0.15) is 12.4 Å². The number of rotatable bonds is 7. The molecule has 0 spiro atoms. The van der Waals surface area contributed by atoms with Crippen molar-refractivity contribution in [3.63, 3.8) is 0 Å². The Balaban J connectivity index is 2.40. The smallest absolute Gasteiger partial charge is 0.490 e. The van der Waals surface area contributed by atoms with Crippen LogP contribution in [0.3, 0.4) is 0 Å². The van der Waals surface area contributed by atoms with Crippen LogP contribution in [0.4, 0.5) is 4.79 Å². The molecule has 0 aromatic heterocycles. The second kappa shape index (κ2) is 8.36. The monoisotopic (exact) mass is 254 g/mol. The fourth-order valence-electron chi connectivity index (χ4n) is 1.30. The van der Waals surface area contributed by atoms with E-state index in [2.05, 4.69) is 0 Å². The van der Waals surface area contributed by atoms with Crippen LogP contribution in [0.15, 0.2) is 30.3 Å². The van der Waals surface area contributed by atoms with Crippen LogP contribution in [-0.2, 0) is 14.2 Å². The first-order valence-electron chi connectivity index (χ1n) is 5.76. The number of methoxy groups -OCH3 is 1. The van der Waals surface area contributed by atoms with Gasteiger partial charge in [-0.25, -0.2) is 4.79 Å². The SMILES string of the molecule is CCOC(=O)OC(COC)COc1ccccc1. The highest BCUT2D eigenvalue weighted by Crippen LogP contribution is 2.09. The van der Waals surface area contributed by atoms with Crippen molar-refractivity contribution in [3.05, 3.63) is 30.3 Å². The molecule has 0 N–H and O–H groups in total. The number of hydrogen-bond donors (Lipinski definition) is 0. The van der Waals surface area contributed by atoms with Crippen LogP contribution in [0.2, 0.25) is 0 Å². The lowest BCUT2D eigenvalue weighted by atomic mass is 10.3. The molecule has 0 aliphatic carbocycles. The second-order valence-electron chi connectivity index (χ2n) is 3.50. The van der Waals surface area contributed by atoms with Crippen molar-refractivity contribution in [3.8, 4) is 5.75 Å². The van der Waals surface area contributed by atoms with E-state index in [1.165, 1.54) is 7.11 Å². The lowest BCUT2D eigenvalue weighted by Gasteiger charge is -2.17. The number of carbonyl (C=O) groups excluding carboxylic acids is 1. The molecule has 100 valence electrons. The van der Waals surface area contributed by atoms with Gasteiger partial charge in [-0.1, -0.05) is 18.2 Å². The maximum Gasteiger partial charge on any atom is 0.508 e. The third-order valence-corrected chi connectivity index (χ3v) is 2.06. The van der Waals surface area contributed by atoms with Crippen LogP contribution in [-0.4, -0.2) is 39.2 Å². The van der Waals surface area contributed by atoms with Crippen LogP contribution in [0.5, 0.6) is 5.75 Å². The Morgan fingerprint density at radius 1 is 1.22 bits per heavy atom. The van der Waals surface area contributed by atoms with Crippen LogP contribution in [0, 0.1) is 0 Å². The largest absolute Gasteiger partial charge is 0.508 e. The van der Waals surface area contributed by atoms with Crippen molar-refractivity contribution >= 4 is 6.16 Å². The summed E-state index contributed by atoms with van der Waals surface area (Å²) in [5, 5.41) is 0. The molecule has 5 heteroatoms. The Kier molecular flexibility index (Phi) is 6.64. The molecule has 1 atom stereocenters. The van der Waals surface area contributed by atoms with E-state index in [0.29, 0.717) is 5.75 Å². The van der Waals surface area contributed by atoms with Crippen LogP contribution < -0.4 is 4.74 Å². The molecule has 0 aliphatic heterocycles. The highest BCUT2D eigenvalue weighted by molar-refractivity contribution is 5.60. The van der Waals surface area contributed by atoms with Crippen molar-refractivity contribution in [2.75, 3.05) is 26.9 Å². The van der Waals surface area contributed by atoms with E-state index < -0.39 is 12.3 Å². The number of hydrogen-bond acceptors (Lipinski definition) is 5. The Bertz CT molecular complexity index is 338. The van der Waals surface area contributed by atoms with Crippen LogP contribution in [0.25, 0.3) is 0 Å². The Morgan fingerprint density at radius 3 is 2.56 bits per heavy atom. The van der Waals surface area contributed by atoms with Crippen LogP contribution in [0.1, 0.15) is 6.92 Å². The topological polar surface area (TPSA) is 54.0 Å². The Labute approximate surface area is 107 Å². The maximum absolute atomic E-state index is 11.2. The number of ether oxygens (including phenoxy) is 4. The predicted octanol–water partition coefficient (Wildman–Crippen LogP) is 2.25. The molecule has 5 nitrogen and oxygen atoms in total. The number of benzene rings is 1. The normalized spacial score (nSPS) is 11.7. The summed E-state index contributed by atoms with van der Waals surface area (Å²) in [6.07, 6.45) is -1.20. The highest BCUT2D eigenvalue weighted by Gasteiger charge is 2.16. The Morgan fingerprint density at radius 2 is 1.94 bits per heavy atom. The summed E-state index contributed by atoms with van der Waals surface area (Å²) in [7, 11) is 1.53. The average Bonchev–Trinajstić information content (AvgIpc) is 2.38. The minimum Gasteiger partial charge on any atom is -0.490 e. The quantitative estimate of drug-likeness (QED) is 0.698. The van der Waals surface area contributed by atoms with E-state index in [4.69, 9.17) is 18.9 Å². The van der Waals surface area contributed by atoms with Gasteiger partial charge in [0.05, 0.1) is 13.2 Å². The lowest BCUT2D eigenvalue weighted by Crippen LogP contribution is -2.29. The fraction of sp³-hybridized carbons (Fsp3) is 0.462. The summed E-state index contributed by atoms with van der Waals surface area (Å²) in [6, 6.07) is 9.29. The number of carbonyl (C=O) groups is 1. The summed E-state index contributed by atoms with van der Waals surface area (Å²) < 4.78 is 20.2. The fourth-order valence-corrected chi connectivity index (χ4v) is 1.30. The van der Waals surface area contributed by atoms with Crippen molar-refractivity contribution < 1.29 is 23.7 Å². The standard InChI is InChI=1S/C13H18O5/c1-3-16-13(14)18-12(9-15-2)10-17-11-7-5-4-6-8-11/h4-8,12H,3,9-10H2,1-2H3. The van der Waals surface area contributed by atoms with Gasteiger partial charge in [-0.2, -0.15) is 0 Å². The predicted molar refractivity (Wildman–Crippen MR) is 65.7 cm³/mol. The highest BCUT2D eigenvalue weighted by atomic mass is 16.7. The summed E-state index contributed by atoms with van der Waals surface area (Å²) in [5.74, 6) is 0.714. The van der Waals surface area contributed by atoms with Crippen molar-refractivity contribution in [1.29, 1.82) is 0 Å². The van der Waals surface area contributed by atoms with Gasteiger partial charge in [0, 0.05) is 7.11 Å². The van der Waals surface area contributed by atoms with Gasteiger partial charge in [0.15, 0.2) is 6.10 Å². The molecule has 0 aliphatic rings. The molecule has 1 aromatic carbocycles. The summed E-state index contributed by atoms with van der Waals surface area (Å²) in [4.78, 5) is 11.2. The van der Waals surface area contributed by atoms with Gasteiger partial charge < -0.3 is 18.9 Å². The van der Waals surface area contributed by atoms with Gasteiger partial charge in [-0.05, 0) is 19.1 Å². The van der Waals surface area contributed by atoms with Crippen LogP contribution >= 0.6 is 0 Å². The molecule has 1 unspecified atom stereocenters. The van der Waals surface area contributed by atoms with Gasteiger partial charge >= 0.3 is 6.16 Å². The number of para-hydroxylation sites is 1.